The summed E-state index contributed by atoms with van der Waals surface area (Å²) in [7, 11) is 0. The molecule has 0 spiro atoms. The van der Waals surface area contributed by atoms with Crippen LogP contribution in [0.2, 0.25) is 0 Å². The first kappa shape index (κ1) is 18.4. The minimum absolute atomic E-state index is 0.0661. The molecule has 0 aromatic heterocycles. The van der Waals surface area contributed by atoms with Gasteiger partial charge < -0.3 is 15.1 Å². The summed E-state index contributed by atoms with van der Waals surface area (Å²) >= 11 is 0. The van der Waals surface area contributed by atoms with Gasteiger partial charge in [0, 0.05) is 6.92 Å². The van der Waals surface area contributed by atoms with Crippen molar-refractivity contribution in [2.45, 2.75) is 39.3 Å². The lowest BCUT2D eigenvalue weighted by molar-refractivity contribution is -0.917. The van der Waals surface area contributed by atoms with Gasteiger partial charge in [-0.25, -0.2) is 0 Å². The van der Waals surface area contributed by atoms with Gasteiger partial charge in [0.1, 0.15) is 5.54 Å². The Morgan fingerprint density at radius 2 is 1.81 bits per heavy atom. The molecule has 3 rings (SSSR count). The molecule has 1 saturated heterocycles. The number of nitrogens with zero attached hydrogens (tertiary/aromatic N) is 2. The Labute approximate surface area is 153 Å². The molecule has 1 atom stereocenters. The fourth-order valence-electron chi connectivity index (χ4n) is 3.76. The van der Waals surface area contributed by atoms with Crippen molar-refractivity contribution in [1.29, 1.82) is 0 Å². The highest BCUT2D eigenvalue weighted by molar-refractivity contribution is 6.14. The Kier molecular flexibility index (Phi) is 4.75. The van der Waals surface area contributed by atoms with Gasteiger partial charge in [0.25, 0.3) is 5.91 Å². The lowest BCUT2D eigenvalue weighted by Gasteiger charge is -2.44. The number of quaternary nitrogens is 1. The molecule has 7 heteroatoms. The van der Waals surface area contributed by atoms with E-state index in [0.717, 1.165) is 23.7 Å². The molecule has 1 fully saturated rings. The molecule has 3 amide bonds. The molecule has 140 valence electrons. The Balaban J connectivity index is 1.84. The quantitative estimate of drug-likeness (QED) is 0.774. The second-order valence-corrected chi connectivity index (χ2v) is 7.59. The highest BCUT2D eigenvalue weighted by Gasteiger charge is 2.46. The second-order valence-electron chi connectivity index (χ2n) is 7.59. The monoisotopic (exact) mass is 359 g/mol. The molecule has 0 saturated carbocycles. The van der Waals surface area contributed by atoms with Crippen LogP contribution in [0.15, 0.2) is 24.3 Å². The van der Waals surface area contributed by atoms with Gasteiger partial charge in [0.05, 0.1) is 37.6 Å². The van der Waals surface area contributed by atoms with E-state index in [1.54, 1.807) is 25.7 Å². The number of nitrogens with one attached hydrogen (secondary N) is 2. The van der Waals surface area contributed by atoms with Crippen LogP contribution in [0, 0.1) is 0 Å². The summed E-state index contributed by atoms with van der Waals surface area (Å²) in [5.41, 5.74) is 0.435. The van der Waals surface area contributed by atoms with Crippen molar-refractivity contribution in [2.75, 3.05) is 36.4 Å². The Morgan fingerprint density at radius 1 is 1.19 bits per heavy atom. The molecular weight excluding hydrogens is 332 g/mol. The summed E-state index contributed by atoms with van der Waals surface area (Å²) in [6, 6.07) is 7.10. The number of anilines is 2. The first-order valence-electron chi connectivity index (χ1n) is 9.08. The van der Waals surface area contributed by atoms with Crippen LogP contribution in [0.4, 0.5) is 11.4 Å². The molecular formula is C19H27N4O3+. The summed E-state index contributed by atoms with van der Waals surface area (Å²) in [5, 5.41) is 2.89. The number of fused-ring (bicyclic) bond motifs is 1. The molecule has 1 aromatic rings. The Morgan fingerprint density at radius 3 is 2.42 bits per heavy atom. The average molecular weight is 359 g/mol. The van der Waals surface area contributed by atoms with Crippen molar-refractivity contribution >= 4 is 29.1 Å². The van der Waals surface area contributed by atoms with Crippen LogP contribution < -0.4 is 15.1 Å². The van der Waals surface area contributed by atoms with Crippen LogP contribution >= 0.6 is 0 Å². The molecule has 0 radical (unpaired) electrons. The standard InChI is InChI=1S/C19H26N4O3/c1-13(21-9-11-22(12-10-21)14(2)24)17(25)23-16-8-6-5-7-15(16)20-18(26)19(23,3)4/h5-8,13H,9-12H2,1-4H3,(H,20,26)/p+1/t13-/m1/s1. The minimum Gasteiger partial charge on any atom is -0.332 e. The summed E-state index contributed by atoms with van der Waals surface area (Å²) < 4.78 is 0. The third-order valence-electron chi connectivity index (χ3n) is 5.56. The summed E-state index contributed by atoms with van der Waals surface area (Å²) in [6.45, 7) is 9.80. The van der Waals surface area contributed by atoms with Crippen LogP contribution in [-0.2, 0) is 14.4 Å². The molecule has 0 aliphatic carbocycles. The van der Waals surface area contributed by atoms with Gasteiger partial charge in [0.2, 0.25) is 11.8 Å². The SMILES string of the molecule is CC(=O)N1CC[NH+]([C@H](C)C(=O)N2c3ccccc3NC(=O)C2(C)C)CC1. The van der Waals surface area contributed by atoms with Gasteiger partial charge in [0.15, 0.2) is 6.04 Å². The maximum absolute atomic E-state index is 13.4. The Hall–Kier alpha value is -2.41. The summed E-state index contributed by atoms with van der Waals surface area (Å²) in [6.07, 6.45) is 0. The predicted octanol–water partition coefficient (Wildman–Crippen LogP) is -0.114. The molecule has 2 aliphatic rings. The first-order chi connectivity index (χ1) is 12.2. The van der Waals surface area contributed by atoms with Gasteiger partial charge >= 0.3 is 0 Å². The number of benzene rings is 1. The van der Waals surface area contributed by atoms with Gasteiger partial charge in [-0.2, -0.15) is 0 Å². The lowest BCUT2D eigenvalue weighted by Crippen LogP contribution is -3.19. The van der Waals surface area contributed by atoms with Gasteiger partial charge in [-0.05, 0) is 32.9 Å². The van der Waals surface area contributed by atoms with Crippen molar-refractivity contribution in [2.24, 2.45) is 0 Å². The molecule has 7 nitrogen and oxygen atoms in total. The number of carbonyl (C=O) groups is 3. The first-order valence-corrected chi connectivity index (χ1v) is 9.08. The minimum atomic E-state index is -0.958. The summed E-state index contributed by atoms with van der Waals surface area (Å²) in [4.78, 5) is 42.0. The third kappa shape index (κ3) is 3.07. The molecule has 26 heavy (non-hydrogen) atoms. The van der Waals surface area contributed by atoms with Crippen LogP contribution in [0.25, 0.3) is 0 Å². The van der Waals surface area contributed by atoms with Gasteiger partial charge in [-0.15, -0.1) is 0 Å². The maximum Gasteiger partial charge on any atom is 0.285 e. The Bertz CT molecular complexity index is 738. The average Bonchev–Trinajstić information content (AvgIpc) is 2.61. The van der Waals surface area contributed by atoms with Crippen LogP contribution in [0.1, 0.15) is 27.7 Å². The molecule has 2 aliphatic heterocycles. The number of carbonyl (C=O) groups excluding carboxylic acids is 3. The van der Waals surface area contributed by atoms with Crippen molar-refractivity contribution in [3.05, 3.63) is 24.3 Å². The van der Waals surface area contributed by atoms with E-state index in [1.165, 1.54) is 0 Å². The molecule has 2 N–H and O–H groups in total. The number of piperazine rings is 1. The molecule has 0 bridgehead atoms. The number of para-hydroxylation sites is 2. The van der Waals surface area contributed by atoms with E-state index in [1.807, 2.05) is 36.1 Å². The van der Waals surface area contributed by atoms with Gasteiger partial charge in [-0.1, -0.05) is 12.1 Å². The van der Waals surface area contributed by atoms with Gasteiger partial charge in [-0.3, -0.25) is 19.3 Å². The highest BCUT2D eigenvalue weighted by Crippen LogP contribution is 2.36. The molecule has 2 heterocycles. The lowest BCUT2D eigenvalue weighted by atomic mass is 9.95. The zero-order valence-corrected chi connectivity index (χ0v) is 15.8. The normalized spacial score (nSPS) is 21.0. The van der Waals surface area contributed by atoms with Crippen molar-refractivity contribution in [3.63, 3.8) is 0 Å². The zero-order chi connectivity index (χ0) is 19.1. The van der Waals surface area contributed by atoms with E-state index in [0.29, 0.717) is 18.8 Å². The largest absolute Gasteiger partial charge is 0.332 e. The number of amides is 3. The van der Waals surface area contributed by atoms with E-state index in [4.69, 9.17) is 0 Å². The van der Waals surface area contributed by atoms with Crippen molar-refractivity contribution in [3.8, 4) is 0 Å². The zero-order valence-electron chi connectivity index (χ0n) is 15.8. The maximum atomic E-state index is 13.4. The predicted molar refractivity (Wildman–Crippen MR) is 99.0 cm³/mol. The van der Waals surface area contributed by atoms with E-state index in [2.05, 4.69) is 5.32 Å². The molecule has 0 unspecified atom stereocenters. The third-order valence-corrected chi connectivity index (χ3v) is 5.56. The topological polar surface area (TPSA) is 74.2 Å². The van der Waals surface area contributed by atoms with Crippen LogP contribution in [-0.4, -0.2) is 60.4 Å². The van der Waals surface area contributed by atoms with Crippen molar-refractivity contribution in [1.82, 2.24) is 4.90 Å². The fraction of sp³-hybridized carbons (Fsp3) is 0.526. The fourth-order valence-corrected chi connectivity index (χ4v) is 3.76. The van der Waals surface area contributed by atoms with Crippen LogP contribution in [0.3, 0.4) is 0 Å². The van der Waals surface area contributed by atoms with E-state index >= 15 is 0 Å². The molecule has 1 aromatic carbocycles. The van der Waals surface area contributed by atoms with Crippen LogP contribution in [0.5, 0.6) is 0 Å². The second kappa shape index (κ2) is 6.72. The number of hydrogen-bond donors (Lipinski definition) is 2. The van der Waals surface area contributed by atoms with E-state index in [-0.39, 0.29) is 23.8 Å². The number of hydrogen-bond acceptors (Lipinski definition) is 3. The van der Waals surface area contributed by atoms with E-state index < -0.39 is 5.54 Å². The highest BCUT2D eigenvalue weighted by atomic mass is 16.2. The van der Waals surface area contributed by atoms with E-state index in [9.17, 15) is 14.4 Å². The van der Waals surface area contributed by atoms with Crippen molar-refractivity contribution < 1.29 is 19.3 Å². The smallest absolute Gasteiger partial charge is 0.285 e. The number of rotatable bonds is 2. The summed E-state index contributed by atoms with van der Waals surface area (Å²) in [5.74, 6) is -0.178.